The standard InChI is InChI=1S/C22H26N4O3/c27-21(7-6-18-16-23-26(17-18)20-4-2-1-3-5-20)24-10-8-19(9-11-24)22(28)25-12-14-29-15-13-25/h1-7,16-17,19H,8-15H2/b7-6+. The molecule has 0 atom stereocenters. The van der Waals surface area contributed by atoms with Crippen LogP contribution in [0.4, 0.5) is 0 Å². The second-order valence-corrected chi connectivity index (χ2v) is 7.42. The molecule has 7 heteroatoms. The molecule has 2 aliphatic rings. The van der Waals surface area contributed by atoms with Crippen molar-refractivity contribution in [3.63, 3.8) is 0 Å². The summed E-state index contributed by atoms with van der Waals surface area (Å²) in [7, 11) is 0. The number of benzene rings is 1. The molecule has 2 fully saturated rings. The van der Waals surface area contributed by atoms with Crippen LogP contribution in [-0.4, -0.2) is 70.8 Å². The Hall–Kier alpha value is -2.93. The Morgan fingerprint density at radius 3 is 2.45 bits per heavy atom. The number of piperidine rings is 1. The average Bonchev–Trinajstić information content (AvgIpc) is 3.27. The minimum absolute atomic E-state index is 0.0187. The summed E-state index contributed by atoms with van der Waals surface area (Å²) in [6.07, 6.45) is 8.47. The maximum absolute atomic E-state index is 12.6. The van der Waals surface area contributed by atoms with Crippen LogP contribution in [0.1, 0.15) is 18.4 Å². The SMILES string of the molecule is O=C(/C=C/c1cnn(-c2ccccc2)c1)N1CCC(C(=O)N2CCOCC2)CC1. The smallest absolute Gasteiger partial charge is 0.246 e. The summed E-state index contributed by atoms with van der Waals surface area (Å²) in [4.78, 5) is 28.8. The molecule has 2 aliphatic heterocycles. The van der Waals surface area contributed by atoms with Gasteiger partial charge in [-0.3, -0.25) is 9.59 Å². The van der Waals surface area contributed by atoms with Crippen LogP contribution in [0.5, 0.6) is 0 Å². The van der Waals surface area contributed by atoms with Gasteiger partial charge in [-0.1, -0.05) is 18.2 Å². The number of nitrogens with zero attached hydrogens (tertiary/aromatic N) is 4. The molecule has 3 heterocycles. The molecule has 29 heavy (non-hydrogen) atoms. The Morgan fingerprint density at radius 2 is 1.72 bits per heavy atom. The number of likely N-dealkylation sites (tertiary alicyclic amines) is 1. The third-order valence-corrected chi connectivity index (χ3v) is 5.52. The lowest BCUT2D eigenvalue weighted by Crippen LogP contribution is -2.47. The quantitative estimate of drug-likeness (QED) is 0.744. The molecule has 0 aliphatic carbocycles. The summed E-state index contributed by atoms with van der Waals surface area (Å²) >= 11 is 0. The van der Waals surface area contributed by atoms with E-state index in [-0.39, 0.29) is 17.7 Å². The van der Waals surface area contributed by atoms with Gasteiger partial charge in [-0.05, 0) is 31.1 Å². The molecule has 2 aromatic rings. The van der Waals surface area contributed by atoms with Gasteiger partial charge in [0.1, 0.15) is 0 Å². The third-order valence-electron chi connectivity index (χ3n) is 5.52. The average molecular weight is 394 g/mol. The number of aromatic nitrogens is 2. The normalized spacial score (nSPS) is 18.3. The van der Waals surface area contributed by atoms with Crippen LogP contribution in [-0.2, 0) is 14.3 Å². The number of hydrogen-bond acceptors (Lipinski definition) is 4. The highest BCUT2D eigenvalue weighted by Crippen LogP contribution is 2.21. The minimum atomic E-state index is -0.0188. The predicted molar refractivity (Wildman–Crippen MR) is 109 cm³/mol. The first-order chi connectivity index (χ1) is 14.2. The number of carbonyl (C=O) groups is 2. The van der Waals surface area contributed by atoms with Crippen molar-refractivity contribution < 1.29 is 14.3 Å². The van der Waals surface area contributed by atoms with Crippen molar-refractivity contribution in [1.82, 2.24) is 19.6 Å². The Labute approximate surface area is 170 Å². The molecule has 0 spiro atoms. The Morgan fingerprint density at radius 1 is 1.00 bits per heavy atom. The van der Waals surface area contributed by atoms with E-state index in [0.29, 0.717) is 39.4 Å². The molecule has 0 N–H and O–H groups in total. The van der Waals surface area contributed by atoms with Gasteiger partial charge in [0.05, 0.1) is 25.1 Å². The second kappa shape index (κ2) is 9.05. The highest BCUT2D eigenvalue weighted by molar-refractivity contribution is 5.92. The molecule has 7 nitrogen and oxygen atoms in total. The van der Waals surface area contributed by atoms with Gasteiger partial charge in [0.25, 0.3) is 0 Å². The molecule has 2 amide bonds. The molecular weight excluding hydrogens is 368 g/mol. The van der Waals surface area contributed by atoms with Gasteiger partial charge < -0.3 is 14.5 Å². The predicted octanol–water partition coefficient (Wildman–Crippen LogP) is 1.98. The largest absolute Gasteiger partial charge is 0.378 e. The van der Waals surface area contributed by atoms with E-state index >= 15 is 0 Å². The van der Waals surface area contributed by atoms with Crippen molar-refractivity contribution in [3.05, 3.63) is 54.4 Å². The van der Waals surface area contributed by atoms with Crippen molar-refractivity contribution in [2.24, 2.45) is 5.92 Å². The summed E-state index contributed by atoms with van der Waals surface area (Å²) in [5.41, 5.74) is 1.85. The van der Waals surface area contributed by atoms with E-state index in [9.17, 15) is 9.59 Å². The summed E-state index contributed by atoms with van der Waals surface area (Å²) in [6, 6.07) is 9.85. The molecular formula is C22H26N4O3. The third kappa shape index (κ3) is 4.74. The van der Waals surface area contributed by atoms with Crippen LogP contribution < -0.4 is 0 Å². The van der Waals surface area contributed by atoms with E-state index in [1.165, 1.54) is 0 Å². The maximum Gasteiger partial charge on any atom is 0.246 e. The van der Waals surface area contributed by atoms with Crippen molar-refractivity contribution in [2.45, 2.75) is 12.8 Å². The monoisotopic (exact) mass is 394 g/mol. The number of morpholine rings is 1. The zero-order valence-electron chi connectivity index (χ0n) is 16.4. The van der Waals surface area contributed by atoms with Gasteiger partial charge in [-0.25, -0.2) is 4.68 Å². The fourth-order valence-electron chi connectivity index (χ4n) is 3.81. The number of hydrogen-bond donors (Lipinski definition) is 0. The first-order valence-corrected chi connectivity index (χ1v) is 10.1. The first-order valence-electron chi connectivity index (χ1n) is 10.1. The molecule has 1 aromatic carbocycles. The summed E-state index contributed by atoms with van der Waals surface area (Å²) in [6.45, 7) is 3.83. The van der Waals surface area contributed by atoms with Gasteiger partial charge in [0.15, 0.2) is 0 Å². The van der Waals surface area contributed by atoms with E-state index in [4.69, 9.17) is 4.74 Å². The molecule has 1 aromatic heterocycles. The fraction of sp³-hybridized carbons (Fsp3) is 0.409. The number of ether oxygens (including phenoxy) is 1. The first kappa shape index (κ1) is 19.4. The zero-order valence-corrected chi connectivity index (χ0v) is 16.4. The topological polar surface area (TPSA) is 67.7 Å². The van der Waals surface area contributed by atoms with E-state index in [0.717, 1.165) is 24.1 Å². The van der Waals surface area contributed by atoms with Crippen LogP contribution in [0.15, 0.2) is 48.8 Å². The van der Waals surface area contributed by atoms with Gasteiger partial charge in [-0.15, -0.1) is 0 Å². The number of para-hydroxylation sites is 1. The lowest BCUT2D eigenvalue weighted by molar-refractivity contribution is -0.142. The lowest BCUT2D eigenvalue weighted by atomic mass is 9.95. The van der Waals surface area contributed by atoms with E-state index in [2.05, 4.69) is 5.10 Å². The number of rotatable bonds is 4. The van der Waals surface area contributed by atoms with Crippen LogP contribution in [0.25, 0.3) is 11.8 Å². The molecule has 2 saturated heterocycles. The molecule has 0 saturated carbocycles. The Balaban J connectivity index is 1.29. The highest BCUT2D eigenvalue weighted by Gasteiger charge is 2.30. The molecule has 0 bridgehead atoms. The zero-order chi connectivity index (χ0) is 20.1. The lowest BCUT2D eigenvalue weighted by Gasteiger charge is -2.35. The molecule has 0 unspecified atom stereocenters. The minimum Gasteiger partial charge on any atom is -0.378 e. The number of amides is 2. The van der Waals surface area contributed by atoms with Crippen LogP contribution in [0.3, 0.4) is 0 Å². The van der Waals surface area contributed by atoms with Crippen molar-refractivity contribution in [1.29, 1.82) is 0 Å². The Bertz CT molecular complexity index is 863. The summed E-state index contributed by atoms with van der Waals surface area (Å²) in [5, 5.41) is 4.34. The second-order valence-electron chi connectivity index (χ2n) is 7.42. The van der Waals surface area contributed by atoms with Crippen molar-refractivity contribution in [3.8, 4) is 5.69 Å². The van der Waals surface area contributed by atoms with Crippen LogP contribution >= 0.6 is 0 Å². The summed E-state index contributed by atoms with van der Waals surface area (Å²) < 4.78 is 7.10. The van der Waals surface area contributed by atoms with Crippen LogP contribution in [0, 0.1) is 5.92 Å². The fourth-order valence-corrected chi connectivity index (χ4v) is 3.81. The molecule has 0 radical (unpaired) electrons. The highest BCUT2D eigenvalue weighted by atomic mass is 16.5. The van der Waals surface area contributed by atoms with Gasteiger partial charge in [-0.2, -0.15) is 5.10 Å². The van der Waals surface area contributed by atoms with E-state index < -0.39 is 0 Å². The van der Waals surface area contributed by atoms with E-state index in [1.54, 1.807) is 23.0 Å². The maximum atomic E-state index is 12.6. The van der Waals surface area contributed by atoms with E-state index in [1.807, 2.05) is 46.3 Å². The van der Waals surface area contributed by atoms with Gasteiger partial charge in [0, 0.05) is 49.9 Å². The van der Waals surface area contributed by atoms with Crippen LogP contribution in [0.2, 0.25) is 0 Å². The van der Waals surface area contributed by atoms with Gasteiger partial charge in [0.2, 0.25) is 11.8 Å². The van der Waals surface area contributed by atoms with Crippen molar-refractivity contribution in [2.75, 3.05) is 39.4 Å². The van der Waals surface area contributed by atoms with Crippen molar-refractivity contribution >= 4 is 17.9 Å². The summed E-state index contributed by atoms with van der Waals surface area (Å²) in [5.74, 6) is 0.212. The van der Waals surface area contributed by atoms with Gasteiger partial charge >= 0.3 is 0 Å². The number of carbonyl (C=O) groups excluding carboxylic acids is 2. The Kier molecular flexibility index (Phi) is 6.05. The molecule has 4 rings (SSSR count). The molecule has 152 valence electrons.